The SMILES string of the molecule is O=C(Nc1ccccc1OS(=O)(=O)Cc1ccccc1)Nc1ccccc1OS(=O)(=O)Cc1ccccc1. The van der Waals surface area contributed by atoms with Gasteiger partial charge in [0, 0.05) is 0 Å². The summed E-state index contributed by atoms with van der Waals surface area (Å²) in [6.07, 6.45) is 0. The Bertz CT molecular complexity index is 1490. The van der Waals surface area contributed by atoms with E-state index in [-0.39, 0.29) is 34.4 Å². The molecule has 9 nitrogen and oxygen atoms in total. The lowest BCUT2D eigenvalue weighted by atomic mass is 10.2. The molecule has 0 saturated heterocycles. The van der Waals surface area contributed by atoms with Gasteiger partial charge in [0.25, 0.3) is 0 Å². The highest BCUT2D eigenvalue weighted by Gasteiger charge is 2.19. The summed E-state index contributed by atoms with van der Waals surface area (Å²) in [5, 5.41) is 5.06. The van der Waals surface area contributed by atoms with E-state index in [1.165, 1.54) is 24.3 Å². The second kappa shape index (κ2) is 11.8. The predicted molar refractivity (Wildman–Crippen MR) is 145 cm³/mol. The molecule has 4 aromatic carbocycles. The Morgan fingerprint density at radius 3 is 1.26 bits per heavy atom. The third-order valence-corrected chi connectivity index (χ3v) is 7.32. The zero-order valence-electron chi connectivity index (χ0n) is 20.0. The van der Waals surface area contributed by atoms with Gasteiger partial charge in [0.05, 0.1) is 11.4 Å². The normalized spacial score (nSPS) is 11.4. The van der Waals surface area contributed by atoms with Crippen LogP contribution in [-0.2, 0) is 31.7 Å². The maximum atomic E-state index is 12.8. The van der Waals surface area contributed by atoms with Gasteiger partial charge in [-0.1, -0.05) is 84.9 Å². The number of benzene rings is 4. The third kappa shape index (κ3) is 7.82. The minimum atomic E-state index is -4.02. The molecular weight excluding hydrogens is 528 g/mol. The van der Waals surface area contributed by atoms with Gasteiger partial charge in [0.1, 0.15) is 11.5 Å². The zero-order valence-corrected chi connectivity index (χ0v) is 21.6. The first-order valence-corrected chi connectivity index (χ1v) is 14.5. The Hall–Kier alpha value is -4.35. The van der Waals surface area contributed by atoms with Gasteiger partial charge in [0.15, 0.2) is 11.5 Å². The van der Waals surface area contributed by atoms with Gasteiger partial charge >= 0.3 is 26.3 Å². The lowest BCUT2D eigenvalue weighted by Gasteiger charge is -2.15. The van der Waals surface area contributed by atoms with Crippen LogP contribution in [0.1, 0.15) is 11.1 Å². The first-order chi connectivity index (χ1) is 18.2. The van der Waals surface area contributed by atoms with Gasteiger partial charge in [-0.25, -0.2) is 4.79 Å². The highest BCUT2D eigenvalue weighted by Crippen LogP contribution is 2.29. The van der Waals surface area contributed by atoms with Crippen LogP contribution in [0.15, 0.2) is 109 Å². The first-order valence-electron chi connectivity index (χ1n) is 11.4. The fourth-order valence-electron chi connectivity index (χ4n) is 3.45. The van der Waals surface area contributed by atoms with Gasteiger partial charge in [-0.3, -0.25) is 0 Å². The molecule has 0 atom stereocenters. The van der Waals surface area contributed by atoms with E-state index < -0.39 is 26.3 Å². The molecule has 2 amide bonds. The average Bonchev–Trinajstić information content (AvgIpc) is 2.87. The minimum Gasteiger partial charge on any atom is -0.380 e. The molecule has 38 heavy (non-hydrogen) atoms. The molecule has 0 bridgehead atoms. The molecule has 0 unspecified atom stereocenters. The number of nitrogens with one attached hydrogen (secondary N) is 2. The van der Waals surface area contributed by atoms with Crippen molar-refractivity contribution in [1.29, 1.82) is 0 Å². The van der Waals surface area contributed by atoms with Crippen LogP contribution in [0.2, 0.25) is 0 Å². The molecule has 0 radical (unpaired) electrons. The van der Waals surface area contributed by atoms with Crippen molar-refractivity contribution in [3.63, 3.8) is 0 Å². The van der Waals surface area contributed by atoms with E-state index in [1.807, 2.05) is 0 Å². The van der Waals surface area contributed by atoms with Crippen molar-refractivity contribution in [2.45, 2.75) is 11.5 Å². The Balaban J connectivity index is 1.45. The Kier molecular flexibility index (Phi) is 8.29. The minimum absolute atomic E-state index is 0.0754. The average molecular weight is 553 g/mol. The van der Waals surface area contributed by atoms with Crippen LogP contribution in [0.3, 0.4) is 0 Å². The van der Waals surface area contributed by atoms with Crippen LogP contribution in [-0.4, -0.2) is 22.9 Å². The maximum absolute atomic E-state index is 12.8. The van der Waals surface area contributed by atoms with E-state index in [0.717, 1.165) is 0 Å². The van der Waals surface area contributed by atoms with Crippen LogP contribution in [0, 0.1) is 0 Å². The van der Waals surface area contributed by atoms with E-state index in [9.17, 15) is 21.6 Å². The standard InChI is InChI=1S/C27H24N2O7S2/c30-27(28-23-15-7-9-17-25(23)35-37(31,32)19-21-11-3-1-4-12-21)29-24-16-8-10-18-26(24)36-38(33,34)20-22-13-5-2-6-14-22/h1-18H,19-20H2,(H2,28,29,30). The second-order valence-electron chi connectivity index (χ2n) is 8.11. The topological polar surface area (TPSA) is 128 Å². The molecule has 2 N–H and O–H groups in total. The van der Waals surface area contributed by atoms with Crippen molar-refractivity contribution in [3.05, 3.63) is 120 Å². The molecule has 0 fully saturated rings. The van der Waals surface area contributed by atoms with Gasteiger partial charge in [-0.05, 0) is 35.4 Å². The van der Waals surface area contributed by atoms with Gasteiger partial charge < -0.3 is 19.0 Å². The largest absolute Gasteiger partial charge is 0.380 e. The number of para-hydroxylation sites is 4. The first kappa shape index (κ1) is 26.7. The number of amides is 2. The van der Waals surface area contributed by atoms with E-state index >= 15 is 0 Å². The van der Waals surface area contributed by atoms with Crippen LogP contribution >= 0.6 is 0 Å². The summed E-state index contributed by atoms with van der Waals surface area (Å²) in [5.41, 5.74) is 1.29. The molecule has 4 rings (SSSR count). The van der Waals surface area contributed by atoms with Crippen molar-refractivity contribution in [3.8, 4) is 11.5 Å². The highest BCUT2D eigenvalue weighted by molar-refractivity contribution is 7.86. The maximum Gasteiger partial charge on any atom is 0.323 e. The van der Waals surface area contributed by atoms with Gasteiger partial charge in [0.2, 0.25) is 0 Å². The molecule has 0 aliphatic heterocycles. The molecule has 0 saturated carbocycles. The summed E-state index contributed by atoms with van der Waals surface area (Å²) in [5.74, 6) is -0.852. The number of carbonyl (C=O) groups excluding carboxylic acids is 1. The summed E-state index contributed by atoms with van der Waals surface area (Å²) >= 11 is 0. The van der Waals surface area contributed by atoms with Crippen LogP contribution < -0.4 is 19.0 Å². The van der Waals surface area contributed by atoms with Crippen molar-refractivity contribution < 1.29 is 30.0 Å². The number of anilines is 2. The molecule has 0 aliphatic carbocycles. The Morgan fingerprint density at radius 1 is 0.526 bits per heavy atom. The number of urea groups is 1. The van der Waals surface area contributed by atoms with Crippen molar-refractivity contribution in [2.24, 2.45) is 0 Å². The summed E-state index contributed by atoms with van der Waals surface area (Å²) in [7, 11) is -8.03. The molecule has 0 spiro atoms. The fraction of sp³-hybridized carbons (Fsp3) is 0.0741. The molecule has 196 valence electrons. The van der Waals surface area contributed by atoms with Crippen molar-refractivity contribution in [1.82, 2.24) is 0 Å². The second-order valence-corrected chi connectivity index (χ2v) is 11.3. The quantitative estimate of drug-likeness (QED) is 0.261. The van der Waals surface area contributed by atoms with E-state index in [2.05, 4.69) is 10.6 Å². The summed E-state index contributed by atoms with van der Waals surface area (Å²) < 4.78 is 60.9. The predicted octanol–water partition coefficient (Wildman–Crippen LogP) is 5.15. The molecule has 4 aromatic rings. The highest BCUT2D eigenvalue weighted by atomic mass is 32.2. The van der Waals surface area contributed by atoms with E-state index in [4.69, 9.17) is 8.37 Å². The Morgan fingerprint density at radius 2 is 0.868 bits per heavy atom. The number of carbonyl (C=O) groups is 1. The van der Waals surface area contributed by atoms with Gasteiger partial charge in [-0.15, -0.1) is 0 Å². The Labute approximate surface area is 221 Å². The number of hydrogen-bond donors (Lipinski definition) is 2. The van der Waals surface area contributed by atoms with E-state index in [1.54, 1.807) is 84.9 Å². The number of hydrogen-bond acceptors (Lipinski definition) is 7. The molecule has 0 aromatic heterocycles. The lowest BCUT2D eigenvalue weighted by Crippen LogP contribution is -2.22. The smallest absolute Gasteiger partial charge is 0.323 e. The van der Waals surface area contributed by atoms with Crippen molar-refractivity contribution >= 4 is 37.6 Å². The summed E-state index contributed by atoms with van der Waals surface area (Å²) in [4.78, 5) is 12.8. The number of rotatable bonds is 10. The molecule has 11 heteroatoms. The molecule has 0 aliphatic rings. The molecule has 0 heterocycles. The van der Waals surface area contributed by atoms with Crippen LogP contribution in [0.25, 0.3) is 0 Å². The van der Waals surface area contributed by atoms with Crippen molar-refractivity contribution in [2.75, 3.05) is 10.6 Å². The fourth-order valence-corrected chi connectivity index (χ4v) is 5.61. The third-order valence-electron chi connectivity index (χ3n) is 5.08. The lowest BCUT2D eigenvalue weighted by molar-refractivity contribution is 0.262. The van der Waals surface area contributed by atoms with E-state index in [0.29, 0.717) is 11.1 Å². The molecular formula is C27H24N2O7S2. The van der Waals surface area contributed by atoms with Crippen LogP contribution in [0.5, 0.6) is 11.5 Å². The zero-order chi connectivity index (χ0) is 27.0. The summed E-state index contributed by atoms with van der Waals surface area (Å²) in [6.45, 7) is 0. The van der Waals surface area contributed by atoms with Crippen LogP contribution in [0.4, 0.5) is 16.2 Å². The monoisotopic (exact) mass is 552 g/mol. The summed E-state index contributed by atoms with van der Waals surface area (Å²) in [6, 6.07) is 28.4. The van der Waals surface area contributed by atoms with Gasteiger partial charge in [-0.2, -0.15) is 16.8 Å².